The van der Waals surface area contributed by atoms with Crippen LogP contribution in [0.2, 0.25) is 0 Å². The predicted molar refractivity (Wildman–Crippen MR) is 98.5 cm³/mol. The van der Waals surface area contributed by atoms with Crippen LogP contribution in [0, 0.1) is 5.82 Å². The van der Waals surface area contributed by atoms with Gasteiger partial charge in [-0.05, 0) is 23.8 Å². The van der Waals surface area contributed by atoms with Gasteiger partial charge in [0.05, 0.1) is 6.21 Å². The van der Waals surface area contributed by atoms with E-state index in [0.29, 0.717) is 11.1 Å². The van der Waals surface area contributed by atoms with Crippen LogP contribution in [0.15, 0.2) is 65.1 Å². The normalized spacial score (nSPS) is 11.0. The maximum absolute atomic E-state index is 13.5. The van der Waals surface area contributed by atoms with Crippen LogP contribution in [-0.2, 0) is 12.8 Å². The van der Waals surface area contributed by atoms with E-state index in [-0.39, 0.29) is 5.91 Å². The van der Waals surface area contributed by atoms with Gasteiger partial charge in [0.25, 0.3) is 5.91 Å². The van der Waals surface area contributed by atoms with Crippen LogP contribution >= 0.6 is 11.8 Å². The topological polar surface area (TPSA) is 72.2 Å². The summed E-state index contributed by atoms with van der Waals surface area (Å²) in [6, 6.07) is 13.4. The number of aromatic nitrogens is 3. The molecule has 0 fully saturated rings. The number of hydrogen-bond acceptors (Lipinski definition) is 5. The van der Waals surface area contributed by atoms with Crippen LogP contribution in [-0.4, -0.2) is 26.9 Å². The monoisotopic (exact) mass is 369 g/mol. The van der Waals surface area contributed by atoms with Crippen LogP contribution in [0.25, 0.3) is 0 Å². The maximum atomic E-state index is 13.5. The Bertz CT molecular complexity index is 923. The summed E-state index contributed by atoms with van der Waals surface area (Å²) >= 11 is 1.56. The highest BCUT2D eigenvalue weighted by Crippen LogP contribution is 2.20. The Balaban J connectivity index is 1.55. The highest BCUT2D eigenvalue weighted by molar-refractivity contribution is 7.98. The fraction of sp³-hybridized carbons (Fsp3) is 0.111. The van der Waals surface area contributed by atoms with Gasteiger partial charge in [-0.2, -0.15) is 5.10 Å². The van der Waals surface area contributed by atoms with Crippen molar-refractivity contribution in [1.29, 1.82) is 0 Å². The van der Waals surface area contributed by atoms with Gasteiger partial charge in [0.15, 0.2) is 5.16 Å². The lowest BCUT2D eigenvalue weighted by Crippen LogP contribution is -2.17. The third kappa shape index (κ3) is 4.54. The lowest BCUT2D eigenvalue weighted by atomic mass is 10.1. The number of carbonyl (C=O) groups is 1. The minimum Gasteiger partial charge on any atom is -0.312 e. The lowest BCUT2D eigenvalue weighted by molar-refractivity contribution is 0.0955. The summed E-state index contributed by atoms with van der Waals surface area (Å²) in [6.45, 7) is 0. The molecule has 3 aromatic rings. The molecule has 0 saturated carbocycles. The molecule has 0 saturated heterocycles. The van der Waals surface area contributed by atoms with Crippen molar-refractivity contribution >= 4 is 23.9 Å². The number of nitrogens with zero attached hydrogens (tertiary/aromatic N) is 4. The number of hydrazone groups is 1. The zero-order valence-electron chi connectivity index (χ0n) is 14.0. The second kappa shape index (κ2) is 8.39. The Kier molecular flexibility index (Phi) is 5.75. The van der Waals surface area contributed by atoms with Gasteiger partial charge in [0.1, 0.15) is 12.1 Å². The van der Waals surface area contributed by atoms with Gasteiger partial charge < -0.3 is 4.57 Å². The Hall–Kier alpha value is -3.00. The smallest absolute Gasteiger partial charge is 0.271 e. The minimum absolute atomic E-state index is 0.309. The zero-order chi connectivity index (χ0) is 18.4. The Morgan fingerprint density at radius 1 is 1.27 bits per heavy atom. The van der Waals surface area contributed by atoms with E-state index in [9.17, 15) is 9.18 Å². The van der Waals surface area contributed by atoms with E-state index >= 15 is 0 Å². The van der Waals surface area contributed by atoms with Gasteiger partial charge in [-0.25, -0.2) is 9.82 Å². The second-order valence-electron chi connectivity index (χ2n) is 5.43. The molecule has 0 aliphatic rings. The van der Waals surface area contributed by atoms with Gasteiger partial charge in [-0.15, -0.1) is 10.2 Å². The number of rotatable bonds is 6. The van der Waals surface area contributed by atoms with E-state index in [1.165, 1.54) is 12.3 Å². The molecule has 26 heavy (non-hydrogen) atoms. The number of amides is 1. The van der Waals surface area contributed by atoms with Crippen LogP contribution < -0.4 is 5.43 Å². The fourth-order valence-corrected chi connectivity index (χ4v) is 2.95. The Labute approximate surface area is 154 Å². The van der Waals surface area contributed by atoms with Crippen LogP contribution in [0.1, 0.15) is 21.5 Å². The number of carbonyl (C=O) groups excluding carboxylic acids is 1. The van der Waals surface area contributed by atoms with Gasteiger partial charge >= 0.3 is 0 Å². The van der Waals surface area contributed by atoms with Crippen molar-refractivity contribution in [3.8, 4) is 0 Å². The van der Waals surface area contributed by atoms with Gasteiger partial charge in [0.2, 0.25) is 0 Å². The molecule has 1 heterocycles. The molecule has 6 nitrogen and oxygen atoms in total. The minimum atomic E-state index is -0.393. The van der Waals surface area contributed by atoms with E-state index in [1.807, 2.05) is 23.7 Å². The van der Waals surface area contributed by atoms with E-state index in [4.69, 9.17) is 0 Å². The Morgan fingerprint density at radius 2 is 2.04 bits per heavy atom. The summed E-state index contributed by atoms with van der Waals surface area (Å²) < 4.78 is 15.3. The number of benzene rings is 2. The van der Waals surface area contributed by atoms with Crippen molar-refractivity contribution in [3.63, 3.8) is 0 Å². The molecular formula is C18H16FN5OS. The van der Waals surface area contributed by atoms with E-state index < -0.39 is 5.82 Å². The third-order valence-corrected chi connectivity index (χ3v) is 4.63. The first-order valence-corrected chi connectivity index (χ1v) is 8.76. The van der Waals surface area contributed by atoms with Crippen molar-refractivity contribution in [3.05, 3.63) is 77.4 Å². The summed E-state index contributed by atoms with van der Waals surface area (Å²) in [5, 5.41) is 12.5. The Morgan fingerprint density at radius 3 is 2.73 bits per heavy atom. The van der Waals surface area contributed by atoms with Crippen molar-refractivity contribution in [1.82, 2.24) is 20.2 Å². The van der Waals surface area contributed by atoms with E-state index in [0.717, 1.165) is 16.5 Å². The number of halogens is 1. The summed E-state index contributed by atoms with van der Waals surface area (Å²) in [5.41, 5.74) is 4.24. The first-order valence-electron chi connectivity index (χ1n) is 7.77. The molecular weight excluding hydrogens is 353 g/mol. The second-order valence-corrected chi connectivity index (χ2v) is 6.37. The third-order valence-electron chi connectivity index (χ3n) is 3.53. The van der Waals surface area contributed by atoms with Crippen molar-refractivity contribution in [2.75, 3.05) is 0 Å². The highest BCUT2D eigenvalue weighted by Gasteiger charge is 2.06. The molecule has 0 atom stereocenters. The predicted octanol–water partition coefficient (Wildman–Crippen LogP) is 3.01. The summed E-state index contributed by atoms with van der Waals surface area (Å²) in [5.74, 6) is -0.0276. The summed E-state index contributed by atoms with van der Waals surface area (Å²) in [4.78, 5) is 12.1. The molecule has 0 aliphatic carbocycles. The van der Waals surface area contributed by atoms with Crippen molar-refractivity contribution in [2.24, 2.45) is 12.1 Å². The zero-order valence-corrected chi connectivity index (χ0v) is 14.8. The SMILES string of the molecule is Cn1cnnc1SCc1ccc(C(=O)N/N=C\c2ccccc2F)cc1. The average Bonchev–Trinajstić information content (AvgIpc) is 3.07. The van der Waals surface area contributed by atoms with Gasteiger partial charge in [-0.3, -0.25) is 4.79 Å². The standard InChI is InChI=1S/C18H16FN5OS/c1-24-12-21-23-18(24)26-11-13-6-8-14(9-7-13)17(25)22-20-10-15-4-2-3-5-16(15)19/h2-10,12H,11H2,1H3,(H,22,25)/b20-10-. The van der Waals surface area contributed by atoms with Gasteiger partial charge in [0, 0.05) is 23.9 Å². The molecule has 2 aromatic carbocycles. The lowest BCUT2D eigenvalue weighted by Gasteiger charge is -2.03. The molecule has 0 bridgehead atoms. The summed E-state index contributed by atoms with van der Waals surface area (Å²) in [7, 11) is 1.89. The largest absolute Gasteiger partial charge is 0.312 e. The van der Waals surface area contributed by atoms with Crippen molar-refractivity contribution in [2.45, 2.75) is 10.9 Å². The number of hydrogen-bond donors (Lipinski definition) is 1. The maximum Gasteiger partial charge on any atom is 0.271 e. The molecule has 8 heteroatoms. The molecule has 0 unspecified atom stereocenters. The quantitative estimate of drug-likeness (QED) is 0.412. The highest BCUT2D eigenvalue weighted by atomic mass is 32.2. The first kappa shape index (κ1) is 17.8. The molecule has 1 amide bonds. The van der Waals surface area contributed by atoms with Gasteiger partial charge in [-0.1, -0.05) is 42.1 Å². The molecule has 0 radical (unpaired) electrons. The van der Waals surface area contributed by atoms with Crippen LogP contribution in [0.5, 0.6) is 0 Å². The molecule has 3 rings (SSSR count). The number of nitrogens with one attached hydrogen (secondary N) is 1. The number of aryl methyl sites for hydroxylation is 1. The van der Waals surface area contributed by atoms with Crippen molar-refractivity contribution < 1.29 is 9.18 Å². The van der Waals surface area contributed by atoms with Crippen LogP contribution in [0.3, 0.4) is 0 Å². The first-order chi connectivity index (χ1) is 12.6. The number of thioether (sulfide) groups is 1. The van der Waals surface area contributed by atoms with E-state index in [1.54, 1.807) is 48.4 Å². The molecule has 1 aromatic heterocycles. The molecule has 1 N–H and O–H groups in total. The molecule has 132 valence electrons. The van der Waals surface area contributed by atoms with E-state index in [2.05, 4.69) is 20.7 Å². The fourth-order valence-electron chi connectivity index (χ4n) is 2.11. The van der Waals surface area contributed by atoms with Crippen LogP contribution in [0.4, 0.5) is 4.39 Å². The average molecular weight is 369 g/mol. The molecule has 0 spiro atoms. The summed E-state index contributed by atoms with van der Waals surface area (Å²) in [6.07, 6.45) is 2.93. The molecule has 0 aliphatic heterocycles.